The van der Waals surface area contributed by atoms with Crippen LogP contribution in [-0.2, 0) is 0 Å². The third kappa shape index (κ3) is 4.40. The third-order valence-corrected chi connectivity index (χ3v) is 2.73. The van der Waals surface area contributed by atoms with E-state index in [1.54, 1.807) is 11.8 Å². The van der Waals surface area contributed by atoms with Crippen molar-refractivity contribution in [3.8, 4) is 11.8 Å². The fourth-order valence-corrected chi connectivity index (χ4v) is 1.59. The summed E-state index contributed by atoms with van der Waals surface area (Å²) in [5.74, 6) is 4.83. The molecule has 3 nitrogen and oxygen atoms in total. The van der Waals surface area contributed by atoms with Crippen molar-refractivity contribution in [3.05, 3.63) is 35.1 Å². The first-order chi connectivity index (χ1) is 8.69. The van der Waals surface area contributed by atoms with Crippen LogP contribution >= 0.6 is 11.8 Å². The van der Waals surface area contributed by atoms with Crippen molar-refractivity contribution in [2.45, 2.75) is 0 Å². The summed E-state index contributed by atoms with van der Waals surface area (Å²) >= 11 is 1.60. The highest BCUT2D eigenvalue weighted by Gasteiger charge is 2.11. The number of carbonyl (C=O) groups excluding carboxylic acids is 1. The Labute approximate surface area is 110 Å². The minimum Gasteiger partial charge on any atom is -0.384 e. The largest absolute Gasteiger partial charge is 0.384 e. The quantitative estimate of drug-likeness (QED) is 0.638. The number of benzene rings is 1. The van der Waals surface area contributed by atoms with Gasteiger partial charge in [-0.25, -0.2) is 4.39 Å². The van der Waals surface area contributed by atoms with Crippen molar-refractivity contribution in [1.29, 1.82) is 0 Å². The highest BCUT2D eigenvalue weighted by molar-refractivity contribution is 7.98. The van der Waals surface area contributed by atoms with Gasteiger partial charge in [-0.15, -0.1) is 0 Å². The van der Waals surface area contributed by atoms with Crippen LogP contribution in [0.4, 0.5) is 4.39 Å². The molecule has 0 radical (unpaired) electrons. The van der Waals surface area contributed by atoms with Crippen LogP contribution in [0, 0.1) is 17.7 Å². The lowest BCUT2D eigenvalue weighted by Crippen LogP contribution is -2.26. The van der Waals surface area contributed by atoms with Gasteiger partial charge in [-0.2, -0.15) is 11.8 Å². The summed E-state index contributed by atoms with van der Waals surface area (Å²) in [6.07, 6.45) is 1.93. The molecule has 0 unspecified atom stereocenters. The van der Waals surface area contributed by atoms with Gasteiger partial charge >= 0.3 is 0 Å². The Morgan fingerprint density at radius 3 is 3.00 bits per heavy atom. The number of hydrogen-bond donors (Lipinski definition) is 2. The van der Waals surface area contributed by atoms with Gasteiger partial charge in [-0.1, -0.05) is 11.8 Å². The Morgan fingerprint density at radius 2 is 2.33 bits per heavy atom. The molecule has 0 aliphatic carbocycles. The van der Waals surface area contributed by atoms with Gasteiger partial charge in [0.25, 0.3) is 5.91 Å². The standard InChI is InChI=1S/C13H14FNO2S/c1-18-8-6-15-13(17)11-9-10(3-2-7-16)4-5-12(11)14/h4-5,9,16H,6-8H2,1H3,(H,15,17). The van der Waals surface area contributed by atoms with E-state index in [0.717, 1.165) is 5.75 Å². The minimum atomic E-state index is -0.578. The molecule has 0 aliphatic rings. The molecule has 1 aromatic carbocycles. The lowest BCUT2D eigenvalue weighted by atomic mass is 10.1. The Hall–Kier alpha value is -1.51. The van der Waals surface area contributed by atoms with E-state index in [-0.39, 0.29) is 12.2 Å². The molecule has 0 saturated heterocycles. The maximum atomic E-state index is 13.5. The molecule has 1 rings (SSSR count). The van der Waals surface area contributed by atoms with Gasteiger partial charge in [0.1, 0.15) is 12.4 Å². The van der Waals surface area contributed by atoms with Crippen LogP contribution in [0.2, 0.25) is 0 Å². The van der Waals surface area contributed by atoms with Crippen LogP contribution in [0.1, 0.15) is 15.9 Å². The normalized spacial score (nSPS) is 9.50. The summed E-state index contributed by atoms with van der Waals surface area (Å²) in [4.78, 5) is 11.7. The first-order valence-corrected chi connectivity index (χ1v) is 6.75. The summed E-state index contributed by atoms with van der Waals surface area (Å²) in [6, 6.07) is 4.05. The summed E-state index contributed by atoms with van der Waals surface area (Å²) in [6.45, 7) is 0.221. The van der Waals surface area contributed by atoms with Crippen molar-refractivity contribution in [2.24, 2.45) is 0 Å². The SMILES string of the molecule is CSCCNC(=O)c1cc(C#CCO)ccc1F. The molecule has 0 heterocycles. The Kier molecular flexibility index (Phi) is 6.26. The van der Waals surface area contributed by atoms with Gasteiger partial charge in [0.05, 0.1) is 5.56 Å². The predicted octanol–water partition coefficient (Wildman–Crippen LogP) is 1.26. The molecule has 0 spiro atoms. The van der Waals surface area contributed by atoms with E-state index in [9.17, 15) is 9.18 Å². The topological polar surface area (TPSA) is 49.3 Å². The molecule has 0 aromatic heterocycles. The first-order valence-electron chi connectivity index (χ1n) is 5.35. The smallest absolute Gasteiger partial charge is 0.254 e. The highest BCUT2D eigenvalue weighted by Crippen LogP contribution is 2.10. The number of nitrogens with one attached hydrogen (secondary N) is 1. The predicted molar refractivity (Wildman–Crippen MR) is 71.1 cm³/mol. The van der Waals surface area contributed by atoms with Gasteiger partial charge in [-0.05, 0) is 24.5 Å². The van der Waals surface area contributed by atoms with Crippen LogP contribution in [-0.4, -0.2) is 36.2 Å². The molecule has 96 valence electrons. The molecule has 0 bridgehead atoms. The second-order valence-corrected chi connectivity index (χ2v) is 4.39. The molecule has 0 aliphatic heterocycles. The van der Waals surface area contributed by atoms with E-state index < -0.39 is 11.7 Å². The van der Waals surface area contributed by atoms with E-state index in [1.165, 1.54) is 18.2 Å². The Balaban J connectivity index is 2.83. The first kappa shape index (κ1) is 14.6. The van der Waals surface area contributed by atoms with E-state index in [2.05, 4.69) is 17.2 Å². The maximum absolute atomic E-state index is 13.5. The van der Waals surface area contributed by atoms with E-state index in [4.69, 9.17) is 5.11 Å². The van der Waals surface area contributed by atoms with Gasteiger partial charge in [0.15, 0.2) is 0 Å². The molecule has 5 heteroatoms. The fraction of sp³-hybridized carbons (Fsp3) is 0.308. The van der Waals surface area contributed by atoms with Gasteiger partial charge in [0, 0.05) is 17.9 Å². The average Bonchev–Trinajstić information content (AvgIpc) is 2.38. The van der Waals surface area contributed by atoms with Crippen molar-refractivity contribution >= 4 is 17.7 Å². The second-order valence-electron chi connectivity index (χ2n) is 3.40. The number of thioether (sulfide) groups is 1. The summed E-state index contributed by atoms with van der Waals surface area (Å²) in [5.41, 5.74) is 0.473. The zero-order chi connectivity index (χ0) is 13.4. The lowest BCUT2D eigenvalue weighted by Gasteiger charge is -2.05. The molecule has 1 aromatic rings. The Bertz CT molecular complexity index is 480. The third-order valence-electron chi connectivity index (χ3n) is 2.11. The van der Waals surface area contributed by atoms with Crippen LogP contribution < -0.4 is 5.32 Å². The monoisotopic (exact) mass is 267 g/mol. The molecule has 2 N–H and O–H groups in total. The van der Waals surface area contributed by atoms with Gasteiger partial charge in [-0.3, -0.25) is 4.79 Å². The van der Waals surface area contributed by atoms with E-state index >= 15 is 0 Å². The number of carbonyl (C=O) groups is 1. The van der Waals surface area contributed by atoms with Crippen molar-refractivity contribution in [2.75, 3.05) is 25.2 Å². The van der Waals surface area contributed by atoms with Crippen molar-refractivity contribution in [1.82, 2.24) is 5.32 Å². The summed E-state index contributed by atoms with van der Waals surface area (Å²) < 4.78 is 13.5. The molecule has 0 atom stereocenters. The molecular weight excluding hydrogens is 253 g/mol. The Morgan fingerprint density at radius 1 is 1.56 bits per heavy atom. The number of rotatable bonds is 4. The fourth-order valence-electron chi connectivity index (χ4n) is 1.28. The molecular formula is C13H14FNO2S. The summed E-state index contributed by atoms with van der Waals surface area (Å²) in [7, 11) is 0. The number of aliphatic hydroxyl groups excluding tert-OH is 1. The lowest BCUT2D eigenvalue weighted by molar-refractivity contribution is 0.0952. The average molecular weight is 267 g/mol. The minimum absolute atomic E-state index is 0.0270. The molecule has 0 saturated carbocycles. The van der Waals surface area contributed by atoms with E-state index in [1.807, 2.05) is 6.26 Å². The van der Waals surface area contributed by atoms with Crippen LogP contribution in [0.15, 0.2) is 18.2 Å². The van der Waals surface area contributed by atoms with Crippen molar-refractivity contribution in [3.63, 3.8) is 0 Å². The van der Waals surface area contributed by atoms with Gasteiger partial charge < -0.3 is 10.4 Å². The second kappa shape index (κ2) is 7.75. The zero-order valence-electron chi connectivity index (χ0n) is 10.00. The number of amides is 1. The number of aliphatic hydroxyl groups is 1. The summed E-state index contributed by atoms with van der Waals surface area (Å²) in [5, 5.41) is 11.2. The van der Waals surface area contributed by atoms with Gasteiger partial charge in [0.2, 0.25) is 0 Å². The zero-order valence-corrected chi connectivity index (χ0v) is 10.8. The highest BCUT2D eigenvalue weighted by atomic mass is 32.2. The number of halogens is 1. The molecule has 0 fully saturated rings. The van der Waals surface area contributed by atoms with Crippen LogP contribution in [0.25, 0.3) is 0 Å². The van der Waals surface area contributed by atoms with E-state index in [0.29, 0.717) is 12.1 Å². The number of hydrogen-bond acceptors (Lipinski definition) is 3. The van der Waals surface area contributed by atoms with Crippen LogP contribution in [0.3, 0.4) is 0 Å². The molecule has 1 amide bonds. The molecule has 18 heavy (non-hydrogen) atoms. The maximum Gasteiger partial charge on any atom is 0.254 e. The van der Waals surface area contributed by atoms with Crippen molar-refractivity contribution < 1.29 is 14.3 Å². The van der Waals surface area contributed by atoms with Crippen LogP contribution in [0.5, 0.6) is 0 Å².